The lowest BCUT2D eigenvalue weighted by atomic mass is 9.97. The van der Waals surface area contributed by atoms with E-state index < -0.39 is 103 Å². The van der Waals surface area contributed by atoms with E-state index in [9.17, 15) is 52.2 Å². The van der Waals surface area contributed by atoms with Crippen LogP contribution in [0.3, 0.4) is 0 Å². The molecule has 322 valence electrons. The average molecular weight is 834 g/mol. The van der Waals surface area contributed by atoms with E-state index in [0.29, 0.717) is 23.0 Å². The molecule has 0 bridgehead atoms. The Morgan fingerprint density at radius 2 is 1.41 bits per heavy atom. The number of ether oxygens (including phenoxy) is 2. The number of hydrogen-bond acceptors (Lipinski definition) is 10. The fraction of sp³-hybridized carbons (Fsp3) is 0.462. The second-order valence-electron chi connectivity index (χ2n) is 15.2. The first-order valence-corrected chi connectivity index (χ1v) is 18.4. The lowest BCUT2D eigenvalue weighted by Gasteiger charge is -2.34. The van der Waals surface area contributed by atoms with Gasteiger partial charge in [-0.3, -0.25) is 19.4 Å². The topological polar surface area (TPSA) is 238 Å². The lowest BCUT2D eigenvalue weighted by Crippen LogP contribution is -2.53. The van der Waals surface area contributed by atoms with Crippen molar-refractivity contribution < 1.29 is 61.6 Å². The van der Waals surface area contributed by atoms with Crippen molar-refractivity contribution in [2.45, 2.75) is 90.0 Å². The van der Waals surface area contributed by atoms with Gasteiger partial charge in [0.2, 0.25) is 17.7 Å². The van der Waals surface area contributed by atoms with E-state index in [1.165, 1.54) is 6.20 Å². The smallest absolute Gasteiger partial charge is 0.416 e. The van der Waals surface area contributed by atoms with E-state index in [1.54, 1.807) is 71.9 Å². The van der Waals surface area contributed by atoms with Crippen LogP contribution in [0.25, 0.3) is 10.9 Å². The molecule has 20 heteroatoms. The van der Waals surface area contributed by atoms with Crippen LogP contribution in [0.1, 0.15) is 71.6 Å². The zero-order chi connectivity index (χ0) is 44.1. The molecule has 17 nitrogen and oxygen atoms in total. The standard InChI is InChI=1S/C39H50F3N7O10/c1-37(2,3)58-35(56)45-18-17-43-32(52)28(48-36(57)59-38(4,5)6)15-16-29(50)49(20-19-44-34(54)55)30(31(51)23-11-13-25(14-12-23)39(40,41)42)33(53)47-26-21-24-9-7-8-10-27(24)46-22-26/h7-14,21-22,28,30-31,44,51H,15-20H2,1-6H3,(H,43,52)(H,45,56)(H,47,53)(H,48,57)(H,54,55). The van der Waals surface area contributed by atoms with Crippen molar-refractivity contribution >= 4 is 52.6 Å². The molecule has 6 amide bonds. The maximum absolute atomic E-state index is 14.2. The van der Waals surface area contributed by atoms with E-state index in [-0.39, 0.29) is 24.3 Å². The van der Waals surface area contributed by atoms with Crippen LogP contribution in [-0.4, -0.2) is 106 Å². The summed E-state index contributed by atoms with van der Waals surface area (Å²) in [5.41, 5.74) is -2.28. The van der Waals surface area contributed by atoms with Crippen LogP contribution in [0.4, 0.5) is 33.2 Å². The molecule has 0 spiro atoms. The number of alkyl halides is 3. The van der Waals surface area contributed by atoms with Crippen LogP contribution < -0.4 is 26.6 Å². The minimum Gasteiger partial charge on any atom is -0.465 e. The zero-order valence-corrected chi connectivity index (χ0v) is 33.4. The number of nitrogens with zero attached hydrogens (tertiary/aromatic N) is 2. The number of rotatable bonds is 16. The van der Waals surface area contributed by atoms with Crippen LogP contribution in [0.2, 0.25) is 0 Å². The number of nitrogens with one attached hydrogen (secondary N) is 5. The van der Waals surface area contributed by atoms with Crippen LogP contribution in [-0.2, 0) is 30.0 Å². The molecule has 0 saturated carbocycles. The predicted molar refractivity (Wildman–Crippen MR) is 208 cm³/mol. The minimum atomic E-state index is -4.72. The fourth-order valence-corrected chi connectivity index (χ4v) is 5.48. The summed E-state index contributed by atoms with van der Waals surface area (Å²) in [7, 11) is 0. The summed E-state index contributed by atoms with van der Waals surface area (Å²) >= 11 is 0. The largest absolute Gasteiger partial charge is 0.465 e. The van der Waals surface area contributed by atoms with E-state index >= 15 is 0 Å². The summed E-state index contributed by atoms with van der Waals surface area (Å²) in [4.78, 5) is 83.0. The number of anilines is 1. The number of carbonyl (C=O) groups excluding carboxylic acids is 5. The van der Waals surface area contributed by atoms with Gasteiger partial charge in [0.1, 0.15) is 29.4 Å². The molecule has 0 aliphatic heterocycles. The third-order valence-electron chi connectivity index (χ3n) is 8.04. The van der Waals surface area contributed by atoms with Crippen LogP contribution in [0, 0.1) is 0 Å². The average Bonchev–Trinajstić information content (AvgIpc) is 3.12. The van der Waals surface area contributed by atoms with Gasteiger partial charge in [-0.2, -0.15) is 13.2 Å². The van der Waals surface area contributed by atoms with Gasteiger partial charge < -0.3 is 51.2 Å². The number of hydrogen-bond donors (Lipinski definition) is 7. The van der Waals surface area contributed by atoms with Crippen molar-refractivity contribution in [3.05, 3.63) is 71.9 Å². The molecule has 59 heavy (non-hydrogen) atoms. The summed E-state index contributed by atoms with van der Waals surface area (Å²) in [6.07, 6.45) is -9.65. The number of carboxylic acid groups (broad SMARTS) is 1. The number of pyridine rings is 1. The molecule has 0 aliphatic rings. The lowest BCUT2D eigenvalue weighted by molar-refractivity contribution is -0.143. The molecule has 3 rings (SSSR count). The van der Waals surface area contributed by atoms with Crippen molar-refractivity contribution in [3.8, 4) is 0 Å². The van der Waals surface area contributed by atoms with Gasteiger partial charge in [-0.25, -0.2) is 14.4 Å². The number of aliphatic hydroxyl groups excluding tert-OH is 1. The Hall–Kier alpha value is -6.18. The number of aromatic nitrogens is 1. The molecule has 1 heterocycles. The number of carbonyl (C=O) groups is 6. The molecule has 0 aliphatic carbocycles. The Balaban J connectivity index is 1.95. The Bertz CT molecular complexity index is 1950. The fourth-order valence-electron chi connectivity index (χ4n) is 5.48. The highest BCUT2D eigenvalue weighted by Gasteiger charge is 2.38. The van der Waals surface area contributed by atoms with E-state index in [0.717, 1.165) is 17.0 Å². The number of benzene rings is 2. The number of amides is 6. The summed E-state index contributed by atoms with van der Waals surface area (Å²) in [5, 5.41) is 33.6. The number of fused-ring (bicyclic) bond motifs is 1. The van der Waals surface area contributed by atoms with Crippen molar-refractivity contribution in [1.29, 1.82) is 0 Å². The summed E-state index contributed by atoms with van der Waals surface area (Å²) in [5.74, 6) is -2.73. The Labute approximate surface area is 338 Å². The first-order valence-electron chi connectivity index (χ1n) is 18.4. The van der Waals surface area contributed by atoms with E-state index in [2.05, 4.69) is 31.6 Å². The molecule has 0 saturated heterocycles. The van der Waals surface area contributed by atoms with Gasteiger partial charge in [-0.05, 0) is 77.8 Å². The molecule has 1 aromatic heterocycles. The molecular weight excluding hydrogens is 783 g/mol. The number of para-hydroxylation sites is 1. The second-order valence-corrected chi connectivity index (χ2v) is 15.2. The third-order valence-corrected chi connectivity index (χ3v) is 8.04. The SMILES string of the molecule is CC(C)(C)OC(=O)NCCNC(=O)C(CCC(=O)N(CCNC(=O)O)C(C(=O)Nc1cnc2ccccc2c1)C(O)c1ccc(C(F)(F)F)cc1)NC(=O)OC(C)(C)C. The summed E-state index contributed by atoms with van der Waals surface area (Å²) < 4.78 is 50.7. The van der Waals surface area contributed by atoms with Crippen LogP contribution >= 0.6 is 0 Å². The van der Waals surface area contributed by atoms with Gasteiger partial charge >= 0.3 is 24.5 Å². The van der Waals surface area contributed by atoms with Gasteiger partial charge in [0.15, 0.2) is 0 Å². The molecule has 3 unspecified atom stereocenters. The van der Waals surface area contributed by atoms with Gasteiger partial charge in [0, 0.05) is 38.0 Å². The highest BCUT2D eigenvalue weighted by molar-refractivity contribution is 5.99. The van der Waals surface area contributed by atoms with Crippen molar-refractivity contribution in [3.63, 3.8) is 0 Å². The quantitative estimate of drug-likeness (QED) is 0.0977. The minimum absolute atomic E-state index is 0.0749. The monoisotopic (exact) mass is 833 g/mol. The Morgan fingerprint density at radius 3 is 2.02 bits per heavy atom. The maximum atomic E-state index is 14.2. The summed E-state index contributed by atoms with van der Waals surface area (Å²) in [6.45, 7) is 8.53. The number of halogens is 3. The highest BCUT2D eigenvalue weighted by Crippen LogP contribution is 2.31. The summed E-state index contributed by atoms with van der Waals surface area (Å²) in [6, 6.07) is 8.40. The van der Waals surface area contributed by atoms with E-state index in [1.807, 2.05) is 0 Å². The van der Waals surface area contributed by atoms with Gasteiger partial charge in [0.05, 0.1) is 23.0 Å². The van der Waals surface area contributed by atoms with Gasteiger partial charge in [-0.1, -0.05) is 30.3 Å². The van der Waals surface area contributed by atoms with Gasteiger partial charge in [0.25, 0.3) is 0 Å². The second kappa shape index (κ2) is 20.5. The van der Waals surface area contributed by atoms with Crippen molar-refractivity contribution in [2.75, 3.05) is 31.5 Å². The van der Waals surface area contributed by atoms with Crippen molar-refractivity contribution in [1.82, 2.24) is 31.2 Å². The maximum Gasteiger partial charge on any atom is 0.416 e. The number of alkyl carbamates (subject to hydrolysis) is 2. The molecule has 7 N–H and O–H groups in total. The molecule has 3 atom stereocenters. The zero-order valence-electron chi connectivity index (χ0n) is 33.4. The molecule has 2 aromatic carbocycles. The highest BCUT2D eigenvalue weighted by atomic mass is 19.4. The van der Waals surface area contributed by atoms with Crippen molar-refractivity contribution in [2.24, 2.45) is 0 Å². The molecular formula is C39H50F3N7O10. The Morgan fingerprint density at radius 1 is 0.797 bits per heavy atom. The normalized spacial score (nSPS) is 13.3. The van der Waals surface area contributed by atoms with E-state index in [4.69, 9.17) is 9.47 Å². The Kier molecular flexibility index (Phi) is 16.4. The van der Waals surface area contributed by atoms with Crippen LogP contribution in [0.15, 0.2) is 60.8 Å². The number of aliphatic hydroxyl groups is 1. The molecule has 0 fully saturated rings. The third kappa shape index (κ3) is 15.9. The first kappa shape index (κ1) is 47.2. The predicted octanol–water partition coefficient (Wildman–Crippen LogP) is 4.70. The molecule has 0 radical (unpaired) electrons. The first-order chi connectivity index (χ1) is 27.4. The van der Waals surface area contributed by atoms with Gasteiger partial charge in [-0.15, -0.1) is 0 Å². The van der Waals surface area contributed by atoms with Crippen LogP contribution in [0.5, 0.6) is 0 Å². The molecule has 3 aromatic rings.